The Bertz CT molecular complexity index is 333. The lowest BCUT2D eigenvalue weighted by Gasteiger charge is -2.42. The van der Waals surface area contributed by atoms with Crippen molar-refractivity contribution in [3.63, 3.8) is 0 Å². The highest BCUT2D eigenvalue weighted by molar-refractivity contribution is 5.14. The summed E-state index contributed by atoms with van der Waals surface area (Å²) in [4.78, 5) is 0. The van der Waals surface area contributed by atoms with Gasteiger partial charge in [0.2, 0.25) is 0 Å². The monoisotopic (exact) mass is 275 g/mol. The van der Waals surface area contributed by atoms with Crippen LogP contribution in [0.1, 0.15) is 77.0 Å². The Hall–Kier alpha value is -0.300. The lowest BCUT2D eigenvalue weighted by molar-refractivity contribution is 0.117. The zero-order valence-corrected chi connectivity index (χ0v) is 13.4. The van der Waals surface area contributed by atoms with E-state index in [-0.39, 0.29) is 0 Å². The number of rotatable bonds is 3. The van der Waals surface area contributed by atoms with Gasteiger partial charge in [-0.1, -0.05) is 43.8 Å². The molecular weight excluding hydrogens is 242 g/mol. The highest BCUT2D eigenvalue weighted by atomic mass is 14.9. The van der Waals surface area contributed by atoms with Crippen LogP contribution in [-0.2, 0) is 0 Å². The van der Waals surface area contributed by atoms with Gasteiger partial charge in [-0.05, 0) is 69.7 Å². The topological polar surface area (TPSA) is 12.0 Å². The summed E-state index contributed by atoms with van der Waals surface area (Å²) < 4.78 is 0. The van der Waals surface area contributed by atoms with E-state index in [1.807, 2.05) is 0 Å². The van der Waals surface area contributed by atoms with Crippen LogP contribution in [0, 0.1) is 17.8 Å². The summed E-state index contributed by atoms with van der Waals surface area (Å²) in [6, 6.07) is 0.691. The van der Waals surface area contributed by atoms with E-state index in [0.717, 1.165) is 17.8 Å². The fourth-order valence-corrected chi connectivity index (χ4v) is 5.26. The molecule has 0 saturated heterocycles. The summed E-state index contributed by atoms with van der Waals surface area (Å²) in [6.07, 6.45) is 20.1. The van der Waals surface area contributed by atoms with Gasteiger partial charge in [-0.25, -0.2) is 0 Å². The predicted molar refractivity (Wildman–Crippen MR) is 86.8 cm³/mol. The molecule has 0 heterocycles. The first-order valence-electron chi connectivity index (χ1n) is 9.24. The second-order valence-corrected chi connectivity index (χ2v) is 7.52. The van der Waals surface area contributed by atoms with Crippen LogP contribution in [0.15, 0.2) is 11.6 Å². The summed E-state index contributed by atoms with van der Waals surface area (Å²) in [5.41, 5.74) is 1.75. The van der Waals surface area contributed by atoms with Crippen LogP contribution < -0.4 is 5.32 Å². The maximum atomic E-state index is 3.70. The number of nitrogens with one attached hydrogen (secondary N) is 1. The van der Waals surface area contributed by atoms with Crippen molar-refractivity contribution in [2.45, 2.75) is 83.1 Å². The van der Waals surface area contributed by atoms with Gasteiger partial charge in [0.05, 0.1) is 0 Å². The van der Waals surface area contributed by atoms with Crippen molar-refractivity contribution in [3.8, 4) is 0 Å². The first-order valence-corrected chi connectivity index (χ1v) is 9.24. The van der Waals surface area contributed by atoms with E-state index in [0.29, 0.717) is 6.04 Å². The molecule has 2 saturated carbocycles. The van der Waals surface area contributed by atoms with Crippen molar-refractivity contribution in [1.29, 1.82) is 0 Å². The van der Waals surface area contributed by atoms with E-state index in [1.165, 1.54) is 77.0 Å². The molecule has 2 fully saturated rings. The Morgan fingerprint density at radius 3 is 2.65 bits per heavy atom. The molecule has 0 amide bonds. The molecule has 1 N–H and O–H groups in total. The van der Waals surface area contributed by atoms with Crippen molar-refractivity contribution >= 4 is 0 Å². The molecule has 0 aromatic rings. The SMILES string of the molecule is CNC(C1=CCCCCC1)C1CCC2CCCCC2C1. The van der Waals surface area contributed by atoms with Crippen molar-refractivity contribution in [2.75, 3.05) is 7.05 Å². The first-order chi connectivity index (χ1) is 9.88. The van der Waals surface area contributed by atoms with Crippen molar-refractivity contribution < 1.29 is 0 Å². The molecule has 3 aliphatic carbocycles. The van der Waals surface area contributed by atoms with Crippen LogP contribution in [0.4, 0.5) is 0 Å². The van der Waals surface area contributed by atoms with E-state index in [1.54, 1.807) is 5.57 Å². The van der Waals surface area contributed by atoms with Gasteiger partial charge >= 0.3 is 0 Å². The molecule has 0 radical (unpaired) electrons. The first kappa shape index (κ1) is 14.6. The smallest absolute Gasteiger partial charge is 0.0305 e. The Balaban J connectivity index is 1.65. The van der Waals surface area contributed by atoms with E-state index in [2.05, 4.69) is 18.4 Å². The van der Waals surface area contributed by atoms with Crippen LogP contribution >= 0.6 is 0 Å². The molecule has 4 atom stereocenters. The highest BCUT2D eigenvalue weighted by Gasteiger charge is 2.35. The van der Waals surface area contributed by atoms with Gasteiger partial charge in [-0.2, -0.15) is 0 Å². The molecule has 114 valence electrons. The number of hydrogen-bond acceptors (Lipinski definition) is 1. The number of hydrogen-bond donors (Lipinski definition) is 1. The predicted octanol–water partition coefficient (Wildman–Crippen LogP) is 5.07. The van der Waals surface area contributed by atoms with Crippen molar-refractivity contribution in [2.24, 2.45) is 17.8 Å². The maximum Gasteiger partial charge on any atom is 0.0305 e. The van der Waals surface area contributed by atoms with Crippen molar-refractivity contribution in [1.82, 2.24) is 5.32 Å². The minimum atomic E-state index is 0.691. The largest absolute Gasteiger partial charge is 0.313 e. The number of likely N-dealkylation sites (N-methyl/N-ethyl adjacent to an activating group) is 1. The second-order valence-electron chi connectivity index (χ2n) is 7.52. The van der Waals surface area contributed by atoms with Gasteiger partial charge in [0.15, 0.2) is 0 Å². The minimum absolute atomic E-state index is 0.691. The van der Waals surface area contributed by atoms with Gasteiger partial charge in [0.1, 0.15) is 0 Å². The van der Waals surface area contributed by atoms with Gasteiger partial charge in [-0.3, -0.25) is 0 Å². The molecule has 1 nitrogen and oxygen atoms in total. The molecule has 0 bridgehead atoms. The minimum Gasteiger partial charge on any atom is -0.313 e. The van der Waals surface area contributed by atoms with Crippen molar-refractivity contribution in [3.05, 3.63) is 11.6 Å². The summed E-state index contributed by atoms with van der Waals surface area (Å²) in [7, 11) is 2.20. The normalized spacial score (nSPS) is 36.6. The molecule has 3 aliphatic rings. The zero-order valence-electron chi connectivity index (χ0n) is 13.4. The van der Waals surface area contributed by atoms with E-state index < -0.39 is 0 Å². The molecule has 0 aromatic carbocycles. The van der Waals surface area contributed by atoms with E-state index >= 15 is 0 Å². The number of fused-ring (bicyclic) bond motifs is 1. The number of allylic oxidation sites excluding steroid dienone is 1. The molecule has 0 spiro atoms. The third-order valence-electron chi connectivity index (χ3n) is 6.34. The Morgan fingerprint density at radius 1 is 0.950 bits per heavy atom. The third kappa shape index (κ3) is 3.30. The molecule has 3 rings (SSSR count). The molecule has 4 unspecified atom stereocenters. The Morgan fingerprint density at radius 2 is 1.80 bits per heavy atom. The molecular formula is C19H33N. The summed E-state index contributed by atoms with van der Waals surface area (Å²) in [6.45, 7) is 0. The average Bonchev–Trinajstić information content (AvgIpc) is 2.77. The lowest BCUT2D eigenvalue weighted by Crippen LogP contribution is -2.40. The lowest BCUT2D eigenvalue weighted by atomic mass is 9.65. The third-order valence-corrected chi connectivity index (χ3v) is 6.34. The Kier molecular flexibility index (Phi) is 5.20. The molecule has 0 aliphatic heterocycles. The summed E-state index contributed by atoms with van der Waals surface area (Å²) in [5.74, 6) is 3.06. The zero-order chi connectivity index (χ0) is 13.8. The fraction of sp³-hybridized carbons (Fsp3) is 0.895. The van der Waals surface area contributed by atoms with Crippen LogP contribution in [0.25, 0.3) is 0 Å². The maximum absolute atomic E-state index is 3.70. The van der Waals surface area contributed by atoms with Crippen LogP contribution in [0.2, 0.25) is 0 Å². The second kappa shape index (κ2) is 7.11. The highest BCUT2D eigenvalue weighted by Crippen LogP contribution is 2.44. The van der Waals surface area contributed by atoms with Gasteiger partial charge in [0.25, 0.3) is 0 Å². The van der Waals surface area contributed by atoms with E-state index in [9.17, 15) is 0 Å². The van der Waals surface area contributed by atoms with Gasteiger partial charge in [0, 0.05) is 6.04 Å². The van der Waals surface area contributed by atoms with Crippen LogP contribution in [0.3, 0.4) is 0 Å². The van der Waals surface area contributed by atoms with Crippen LogP contribution in [-0.4, -0.2) is 13.1 Å². The summed E-state index contributed by atoms with van der Waals surface area (Å²) >= 11 is 0. The average molecular weight is 275 g/mol. The molecule has 20 heavy (non-hydrogen) atoms. The van der Waals surface area contributed by atoms with E-state index in [4.69, 9.17) is 0 Å². The standard InChI is InChI=1S/C19H33N/c1-20-19(16-9-4-2-3-5-10-16)18-13-12-15-8-6-7-11-17(15)14-18/h9,15,17-20H,2-8,10-14H2,1H3. The van der Waals surface area contributed by atoms with Gasteiger partial charge < -0.3 is 5.32 Å². The quantitative estimate of drug-likeness (QED) is 0.709. The van der Waals surface area contributed by atoms with Gasteiger partial charge in [-0.15, -0.1) is 0 Å². The Labute approximate surface area is 125 Å². The van der Waals surface area contributed by atoms with Crippen LogP contribution in [0.5, 0.6) is 0 Å². The molecule has 0 aromatic heterocycles. The fourth-order valence-electron chi connectivity index (χ4n) is 5.26. The summed E-state index contributed by atoms with van der Waals surface area (Å²) in [5, 5.41) is 3.70. The molecule has 1 heteroatoms.